The Hall–Kier alpha value is -5.00. The van der Waals surface area contributed by atoms with Gasteiger partial charge >= 0.3 is 0 Å². The third-order valence-electron chi connectivity index (χ3n) is 7.32. The summed E-state index contributed by atoms with van der Waals surface area (Å²) in [5.41, 5.74) is 10.2. The van der Waals surface area contributed by atoms with Crippen LogP contribution in [0.1, 0.15) is 34.9 Å². The van der Waals surface area contributed by atoms with Gasteiger partial charge in [-0.1, -0.05) is 98.1 Å². The minimum atomic E-state index is -0.274. The van der Waals surface area contributed by atoms with E-state index in [0.717, 1.165) is 62.4 Å². The van der Waals surface area contributed by atoms with E-state index < -0.39 is 0 Å². The van der Waals surface area contributed by atoms with Gasteiger partial charge < -0.3 is 10.3 Å². The first-order chi connectivity index (χ1) is 20.5. The average Bonchev–Trinajstić information content (AvgIpc) is 3.61. The lowest BCUT2D eigenvalue weighted by Crippen LogP contribution is -2.15. The van der Waals surface area contributed by atoms with Gasteiger partial charge in [-0.15, -0.1) is 0 Å². The van der Waals surface area contributed by atoms with E-state index in [0.29, 0.717) is 12.1 Å². The number of aryl methyl sites for hydroxylation is 1. The summed E-state index contributed by atoms with van der Waals surface area (Å²) >= 11 is 0. The van der Waals surface area contributed by atoms with Crippen LogP contribution in [0, 0.1) is 12.7 Å². The number of allylic oxidation sites excluding steroid dienone is 5. The molecule has 0 atom stereocenters. The lowest BCUT2D eigenvalue weighted by atomic mass is 9.96. The van der Waals surface area contributed by atoms with Gasteiger partial charge in [0.1, 0.15) is 11.5 Å². The van der Waals surface area contributed by atoms with Crippen molar-refractivity contribution < 1.29 is 4.39 Å². The number of nitrogens with zero attached hydrogens (tertiary/aromatic N) is 1. The molecule has 0 aliphatic carbocycles. The molecule has 5 rings (SSSR count). The van der Waals surface area contributed by atoms with E-state index in [1.165, 1.54) is 11.6 Å². The van der Waals surface area contributed by atoms with E-state index in [1.807, 2.05) is 44.2 Å². The predicted molar refractivity (Wildman–Crippen MR) is 174 cm³/mol. The van der Waals surface area contributed by atoms with Crippen molar-refractivity contribution in [2.24, 2.45) is 0 Å². The molecule has 0 aliphatic heterocycles. The zero-order chi connectivity index (χ0) is 29.5. The lowest BCUT2D eigenvalue weighted by molar-refractivity contribution is 0.624. The van der Waals surface area contributed by atoms with Crippen LogP contribution in [0.3, 0.4) is 0 Å². The highest BCUT2D eigenvalue weighted by Gasteiger charge is 2.18. The lowest BCUT2D eigenvalue weighted by Gasteiger charge is -2.09. The topological polar surface area (TPSA) is 56.5 Å². The molecule has 5 heteroatoms. The van der Waals surface area contributed by atoms with Gasteiger partial charge in [-0.3, -0.25) is 5.10 Å². The summed E-state index contributed by atoms with van der Waals surface area (Å²) in [6.45, 7) is 13.4. The first-order valence-corrected chi connectivity index (χ1v) is 14.0. The molecule has 0 aliphatic rings. The van der Waals surface area contributed by atoms with Gasteiger partial charge in [0.25, 0.3) is 0 Å². The van der Waals surface area contributed by atoms with Crippen molar-refractivity contribution in [3.63, 3.8) is 0 Å². The molecule has 5 aromatic rings. The first kappa shape index (κ1) is 28.5. The van der Waals surface area contributed by atoms with E-state index in [-0.39, 0.29) is 5.82 Å². The van der Waals surface area contributed by atoms with E-state index >= 15 is 0 Å². The number of hydrogen-bond donors (Lipinski definition) is 3. The maximum Gasteiger partial charge on any atom is 0.131 e. The van der Waals surface area contributed by atoms with Gasteiger partial charge in [0.15, 0.2) is 0 Å². The predicted octanol–water partition coefficient (Wildman–Crippen LogP) is 8.93. The molecule has 0 fully saturated rings. The number of H-pyrrole nitrogens is 2. The average molecular weight is 555 g/mol. The van der Waals surface area contributed by atoms with E-state index in [4.69, 9.17) is 0 Å². The van der Waals surface area contributed by atoms with E-state index in [2.05, 4.69) is 88.3 Å². The molecule has 4 nitrogen and oxygen atoms in total. The molecule has 0 spiro atoms. The minimum Gasteiger partial charge on any atom is -0.357 e. The maximum absolute atomic E-state index is 14.8. The molecule has 42 heavy (non-hydrogen) atoms. The van der Waals surface area contributed by atoms with Crippen molar-refractivity contribution in [2.75, 3.05) is 6.54 Å². The molecule has 0 bridgehead atoms. The van der Waals surface area contributed by atoms with Crippen molar-refractivity contribution >= 4 is 22.0 Å². The number of rotatable bonds is 11. The molecule has 210 valence electrons. The van der Waals surface area contributed by atoms with Crippen molar-refractivity contribution in [1.82, 2.24) is 20.5 Å². The molecule has 0 saturated heterocycles. The number of aromatic nitrogens is 3. The Balaban J connectivity index is 1.45. The molecule has 2 aromatic heterocycles. The number of aromatic amines is 2. The fourth-order valence-electron chi connectivity index (χ4n) is 5.15. The van der Waals surface area contributed by atoms with Gasteiger partial charge in [0, 0.05) is 35.3 Å². The Kier molecular flexibility index (Phi) is 8.90. The van der Waals surface area contributed by atoms with Crippen LogP contribution in [0.15, 0.2) is 128 Å². The number of halogens is 1. The molecule has 3 N–H and O–H groups in total. The van der Waals surface area contributed by atoms with Crippen LogP contribution >= 0.6 is 0 Å². The number of fused-ring (bicyclic) bond motifs is 1. The van der Waals surface area contributed by atoms with Crippen LogP contribution in [-0.4, -0.2) is 21.7 Å². The normalized spacial score (nSPS) is 12.6. The highest BCUT2D eigenvalue weighted by atomic mass is 19.1. The Labute approximate surface area is 246 Å². The zero-order valence-electron chi connectivity index (χ0n) is 24.0. The second kappa shape index (κ2) is 13.1. The van der Waals surface area contributed by atoms with Gasteiger partial charge in [-0.05, 0) is 66.0 Å². The van der Waals surface area contributed by atoms with Crippen molar-refractivity contribution in [3.8, 4) is 11.4 Å². The van der Waals surface area contributed by atoms with E-state index in [1.54, 1.807) is 18.2 Å². The standard InChI is InChI=1S/C37H35FN4/c1-5-13-30(31-16-11-12-17-34(31)38)32-22-36(40-25(32)4)37-33-21-29(18-19-35(33)41-42-37)28(7-3)20-26(6-2)23-39-24-27-14-9-8-10-15-27/h5-22,39-40H,1-2,23-24H2,3-4H3,(H,41,42)/b26-20+,28-7+,30-13-. The second-order valence-corrected chi connectivity index (χ2v) is 10.1. The molecule has 0 amide bonds. The van der Waals surface area contributed by atoms with Crippen molar-refractivity contribution in [2.45, 2.75) is 20.4 Å². The molecular formula is C37H35FN4. The van der Waals surface area contributed by atoms with Gasteiger partial charge in [0.2, 0.25) is 0 Å². The molecule has 3 aromatic carbocycles. The zero-order valence-corrected chi connectivity index (χ0v) is 24.0. The summed E-state index contributed by atoms with van der Waals surface area (Å²) in [4.78, 5) is 3.48. The fourth-order valence-corrected chi connectivity index (χ4v) is 5.15. The summed E-state index contributed by atoms with van der Waals surface area (Å²) in [6, 6.07) is 25.5. The number of hydrogen-bond acceptors (Lipinski definition) is 2. The van der Waals surface area contributed by atoms with Gasteiger partial charge in [-0.2, -0.15) is 5.10 Å². The minimum absolute atomic E-state index is 0.274. The summed E-state index contributed by atoms with van der Waals surface area (Å²) in [7, 11) is 0. The SMILES string of the molecule is C=C/C=C(/c1ccccc1F)c1cc(-c2n[nH]c3ccc(C(/C=C(\C=C)CNCc4ccccc4)=C/C)cc23)[nH]c1C. The smallest absolute Gasteiger partial charge is 0.131 e. The number of benzene rings is 3. The second-order valence-electron chi connectivity index (χ2n) is 10.1. The highest BCUT2D eigenvalue weighted by molar-refractivity contribution is 5.96. The van der Waals surface area contributed by atoms with Crippen LogP contribution in [0.4, 0.5) is 4.39 Å². The Morgan fingerprint density at radius 1 is 0.976 bits per heavy atom. The molecule has 0 radical (unpaired) electrons. The third kappa shape index (κ3) is 6.17. The van der Waals surface area contributed by atoms with Crippen molar-refractivity contribution in [3.05, 3.63) is 162 Å². The first-order valence-electron chi connectivity index (χ1n) is 14.0. The monoisotopic (exact) mass is 554 g/mol. The van der Waals surface area contributed by atoms with Crippen LogP contribution in [0.2, 0.25) is 0 Å². The Bertz CT molecular complexity index is 1820. The quantitative estimate of drug-likeness (QED) is 0.143. The summed E-state index contributed by atoms with van der Waals surface area (Å²) in [5, 5.41) is 12.3. The number of nitrogens with one attached hydrogen (secondary N) is 3. The fraction of sp³-hybridized carbons (Fsp3) is 0.108. The molecule has 0 saturated carbocycles. The van der Waals surface area contributed by atoms with Crippen molar-refractivity contribution in [1.29, 1.82) is 0 Å². The Morgan fingerprint density at radius 3 is 2.50 bits per heavy atom. The van der Waals surface area contributed by atoms with E-state index in [9.17, 15) is 4.39 Å². The molecule has 0 unspecified atom stereocenters. The summed E-state index contributed by atoms with van der Waals surface area (Å²) in [6.07, 6.45) is 9.71. The maximum atomic E-state index is 14.8. The largest absolute Gasteiger partial charge is 0.357 e. The van der Waals surface area contributed by atoms with Crippen LogP contribution in [0.25, 0.3) is 33.4 Å². The van der Waals surface area contributed by atoms with Gasteiger partial charge in [-0.25, -0.2) is 4.39 Å². The van der Waals surface area contributed by atoms with Crippen LogP contribution in [-0.2, 0) is 6.54 Å². The third-order valence-corrected chi connectivity index (χ3v) is 7.32. The Morgan fingerprint density at radius 2 is 1.76 bits per heavy atom. The summed E-state index contributed by atoms with van der Waals surface area (Å²) < 4.78 is 14.8. The molecule has 2 heterocycles. The van der Waals surface area contributed by atoms with Crippen LogP contribution < -0.4 is 5.32 Å². The molecular weight excluding hydrogens is 519 g/mol. The highest BCUT2D eigenvalue weighted by Crippen LogP contribution is 2.34. The van der Waals surface area contributed by atoms with Crippen LogP contribution in [0.5, 0.6) is 0 Å². The summed E-state index contributed by atoms with van der Waals surface area (Å²) in [5.74, 6) is -0.274. The van der Waals surface area contributed by atoms with Gasteiger partial charge in [0.05, 0.1) is 11.2 Å².